The number of amides is 2. The van der Waals surface area contributed by atoms with Gasteiger partial charge in [-0.15, -0.1) is 0 Å². The van der Waals surface area contributed by atoms with Gasteiger partial charge in [0.25, 0.3) is 0 Å². The summed E-state index contributed by atoms with van der Waals surface area (Å²) in [6, 6.07) is 5.11. The average Bonchev–Trinajstić information content (AvgIpc) is 2.51. The van der Waals surface area contributed by atoms with Crippen molar-refractivity contribution in [2.75, 3.05) is 18.4 Å². The van der Waals surface area contributed by atoms with Gasteiger partial charge in [0.15, 0.2) is 0 Å². The fraction of sp³-hybridized carbons (Fsp3) is 0.500. The zero-order valence-electron chi connectivity index (χ0n) is 12.6. The third-order valence-corrected chi connectivity index (χ3v) is 4.52. The Morgan fingerprint density at radius 3 is 2.36 bits per heavy atom. The number of likely N-dealkylation sites (tertiary alicyclic amines) is 1. The number of para-hydroxylation sites is 1. The molecule has 1 aromatic carbocycles. The number of hydrogen-bond donors (Lipinski definition) is 1. The van der Waals surface area contributed by atoms with Crippen molar-refractivity contribution in [2.45, 2.75) is 32.6 Å². The molecule has 0 radical (unpaired) electrons. The first-order chi connectivity index (χ1) is 10.5. The zero-order chi connectivity index (χ0) is 16.1. The van der Waals surface area contributed by atoms with Gasteiger partial charge >= 0.3 is 0 Å². The number of nitrogens with one attached hydrogen (secondary N) is 1. The van der Waals surface area contributed by atoms with Crippen LogP contribution in [0, 0.1) is 5.92 Å². The average molecular weight is 343 g/mol. The number of benzene rings is 1. The second-order valence-corrected chi connectivity index (χ2v) is 6.31. The Hall–Kier alpha value is -1.26. The van der Waals surface area contributed by atoms with E-state index in [0.717, 1.165) is 6.42 Å². The van der Waals surface area contributed by atoms with Gasteiger partial charge in [-0.05, 0) is 31.4 Å². The summed E-state index contributed by atoms with van der Waals surface area (Å²) in [6.45, 7) is 3.26. The highest BCUT2D eigenvalue weighted by Crippen LogP contribution is 2.31. The molecule has 0 unspecified atom stereocenters. The highest BCUT2D eigenvalue weighted by atomic mass is 35.5. The summed E-state index contributed by atoms with van der Waals surface area (Å²) in [5, 5.41) is 3.67. The van der Waals surface area contributed by atoms with Crippen LogP contribution < -0.4 is 5.32 Å². The van der Waals surface area contributed by atoms with Crippen LogP contribution in [0.1, 0.15) is 32.6 Å². The smallest absolute Gasteiger partial charge is 0.227 e. The molecule has 0 aliphatic carbocycles. The van der Waals surface area contributed by atoms with Crippen molar-refractivity contribution in [3.8, 4) is 0 Å². The van der Waals surface area contributed by atoms with E-state index in [2.05, 4.69) is 5.32 Å². The van der Waals surface area contributed by atoms with E-state index < -0.39 is 0 Å². The predicted molar refractivity (Wildman–Crippen MR) is 89.3 cm³/mol. The molecular formula is C16H20Cl2N2O2. The Morgan fingerprint density at radius 2 is 1.82 bits per heavy atom. The second-order valence-electron chi connectivity index (χ2n) is 5.49. The minimum absolute atomic E-state index is 0.0856. The van der Waals surface area contributed by atoms with Crippen LogP contribution in [-0.4, -0.2) is 29.8 Å². The molecule has 0 bridgehead atoms. The topological polar surface area (TPSA) is 49.4 Å². The first-order valence-electron chi connectivity index (χ1n) is 7.55. The summed E-state index contributed by atoms with van der Waals surface area (Å²) in [5.74, 6) is -0.0221. The highest BCUT2D eigenvalue weighted by Gasteiger charge is 2.27. The summed E-state index contributed by atoms with van der Waals surface area (Å²) >= 11 is 12.1. The maximum absolute atomic E-state index is 12.3. The van der Waals surface area contributed by atoms with Crippen molar-refractivity contribution in [1.29, 1.82) is 0 Å². The lowest BCUT2D eigenvalue weighted by atomic mass is 9.95. The standard InChI is InChI=1S/C16H20Cl2N2O2/c1-2-4-14(21)20-9-7-11(8-10-20)16(22)19-15-12(17)5-3-6-13(15)18/h3,5-6,11H,2,4,7-10H2,1H3,(H,19,22). The van der Waals surface area contributed by atoms with E-state index in [4.69, 9.17) is 23.2 Å². The van der Waals surface area contributed by atoms with Gasteiger partial charge in [-0.25, -0.2) is 0 Å². The molecule has 1 aromatic rings. The summed E-state index contributed by atoms with van der Waals surface area (Å²) in [7, 11) is 0. The molecule has 1 N–H and O–H groups in total. The third-order valence-electron chi connectivity index (χ3n) is 3.89. The third kappa shape index (κ3) is 4.14. The zero-order valence-corrected chi connectivity index (χ0v) is 14.1. The molecule has 0 atom stereocenters. The lowest BCUT2D eigenvalue weighted by molar-refractivity contribution is -0.134. The first-order valence-corrected chi connectivity index (χ1v) is 8.31. The Bertz CT molecular complexity index is 535. The van der Waals surface area contributed by atoms with Gasteiger partial charge in [0, 0.05) is 25.4 Å². The Balaban J connectivity index is 1.92. The Kier molecular flexibility index (Phi) is 6.09. The normalized spacial score (nSPS) is 15.7. The van der Waals surface area contributed by atoms with Crippen LogP contribution in [0.4, 0.5) is 5.69 Å². The van der Waals surface area contributed by atoms with E-state index in [1.54, 1.807) is 18.2 Å². The van der Waals surface area contributed by atoms with E-state index in [1.807, 2.05) is 11.8 Å². The van der Waals surface area contributed by atoms with Crippen LogP contribution in [0.25, 0.3) is 0 Å². The monoisotopic (exact) mass is 342 g/mol. The van der Waals surface area contributed by atoms with Gasteiger partial charge in [-0.1, -0.05) is 36.2 Å². The number of halogens is 2. The minimum Gasteiger partial charge on any atom is -0.343 e. The molecule has 1 fully saturated rings. The summed E-state index contributed by atoms with van der Waals surface area (Å²) < 4.78 is 0. The Labute approximate surface area is 140 Å². The summed E-state index contributed by atoms with van der Waals surface area (Å²) in [6.07, 6.45) is 2.77. The lowest BCUT2D eigenvalue weighted by Gasteiger charge is -2.31. The second kappa shape index (κ2) is 7.84. The molecule has 1 heterocycles. The Morgan fingerprint density at radius 1 is 1.23 bits per heavy atom. The molecule has 0 spiro atoms. The van der Waals surface area contributed by atoms with E-state index in [0.29, 0.717) is 48.1 Å². The van der Waals surface area contributed by atoms with Crippen molar-refractivity contribution in [3.63, 3.8) is 0 Å². The fourth-order valence-corrected chi connectivity index (χ4v) is 3.10. The van der Waals surface area contributed by atoms with Gasteiger partial charge in [0.05, 0.1) is 15.7 Å². The summed E-state index contributed by atoms with van der Waals surface area (Å²) in [4.78, 5) is 26.0. The molecule has 22 heavy (non-hydrogen) atoms. The maximum atomic E-state index is 12.3. The van der Waals surface area contributed by atoms with Crippen LogP contribution >= 0.6 is 23.2 Å². The number of carbonyl (C=O) groups is 2. The van der Waals surface area contributed by atoms with Gasteiger partial charge in [-0.2, -0.15) is 0 Å². The number of rotatable bonds is 4. The van der Waals surface area contributed by atoms with Crippen LogP contribution in [0.3, 0.4) is 0 Å². The van der Waals surface area contributed by atoms with Crippen molar-refractivity contribution >= 4 is 40.7 Å². The molecule has 2 rings (SSSR count). The number of piperidine rings is 1. The maximum Gasteiger partial charge on any atom is 0.227 e. The molecule has 6 heteroatoms. The molecule has 0 aromatic heterocycles. The highest BCUT2D eigenvalue weighted by molar-refractivity contribution is 6.39. The summed E-state index contributed by atoms with van der Waals surface area (Å²) in [5.41, 5.74) is 0.459. The van der Waals surface area contributed by atoms with E-state index in [9.17, 15) is 9.59 Å². The first kappa shape index (κ1) is 17.1. The number of carbonyl (C=O) groups excluding carboxylic acids is 2. The van der Waals surface area contributed by atoms with Crippen LogP contribution in [-0.2, 0) is 9.59 Å². The van der Waals surface area contributed by atoms with Gasteiger partial charge in [-0.3, -0.25) is 9.59 Å². The van der Waals surface area contributed by atoms with Crippen LogP contribution in [0.5, 0.6) is 0 Å². The van der Waals surface area contributed by atoms with Gasteiger partial charge in [0.1, 0.15) is 0 Å². The van der Waals surface area contributed by atoms with Crippen molar-refractivity contribution in [1.82, 2.24) is 4.90 Å². The van der Waals surface area contributed by atoms with Crippen molar-refractivity contribution in [2.24, 2.45) is 5.92 Å². The van der Waals surface area contributed by atoms with E-state index in [-0.39, 0.29) is 17.7 Å². The predicted octanol–water partition coefficient (Wildman–Crippen LogP) is 3.97. The number of anilines is 1. The van der Waals surface area contributed by atoms with E-state index >= 15 is 0 Å². The fourth-order valence-electron chi connectivity index (χ4n) is 2.61. The molecule has 1 aliphatic rings. The molecule has 1 saturated heterocycles. The van der Waals surface area contributed by atoms with Crippen molar-refractivity contribution < 1.29 is 9.59 Å². The van der Waals surface area contributed by atoms with Gasteiger partial charge in [0.2, 0.25) is 11.8 Å². The molecule has 120 valence electrons. The quantitative estimate of drug-likeness (QED) is 0.899. The van der Waals surface area contributed by atoms with E-state index in [1.165, 1.54) is 0 Å². The molecular weight excluding hydrogens is 323 g/mol. The van der Waals surface area contributed by atoms with Crippen LogP contribution in [0.15, 0.2) is 18.2 Å². The number of hydrogen-bond acceptors (Lipinski definition) is 2. The van der Waals surface area contributed by atoms with Gasteiger partial charge < -0.3 is 10.2 Å². The molecule has 0 saturated carbocycles. The minimum atomic E-state index is -0.113. The van der Waals surface area contributed by atoms with Crippen LogP contribution in [0.2, 0.25) is 10.0 Å². The van der Waals surface area contributed by atoms with Crippen molar-refractivity contribution in [3.05, 3.63) is 28.2 Å². The number of nitrogens with zero attached hydrogens (tertiary/aromatic N) is 1. The molecule has 1 aliphatic heterocycles. The SMILES string of the molecule is CCCC(=O)N1CCC(C(=O)Nc2c(Cl)cccc2Cl)CC1. The molecule has 4 nitrogen and oxygen atoms in total. The largest absolute Gasteiger partial charge is 0.343 e. The molecule has 2 amide bonds. The lowest BCUT2D eigenvalue weighted by Crippen LogP contribution is -2.41.